The molecule has 0 atom stereocenters. The van der Waals surface area contributed by atoms with Crippen LogP contribution in [0, 0.1) is 23.7 Å². The molecule has 0 saturated heterocycles. The Balaban J connectivity index is 1.73. The van der Waals surface area contributed by atoms with Crippen LogP contribution in [0.4, 0.5) is 30.7 Å². The van der Waals surface area contributed by atoms with E-state index in [1.165, 1.54) is 44.9 Å². The Labute approximate surface area is 163 Å². The molecule has 0 aromatic heterocycles. The zero-order valence-electron chi connectivity index (χ0n) is 16.6. The first-order valence-corrected chi connectivity index (χ1v) is 10.8. The zero-order valence-corrected chi connectivity index (χ0v) is 16.6. The summed E-state index contributed by atoms with van der Waals surface area (Å²) in [6, 6.07) is 0. The molecule has 28 heavy (non-hydrogen) atoms. The molecule has 0 amide bonds. The maximum atomic E-state index is 13.8. The third-order valence-electron chi connectivity index (χ3n) is 7.05. The first-order valence-electron chi connectivity index (χ1n) is 10.8. The lowest BCUT2D eigenvalue weighted by Crippen LogP contribution is -2.56. The minimum absolute atomic E-state index is 0.171. The first kappa shape index (κ1) is 23.8. The number of unbranched alkanes of at least 4 members (excludes halogenated alkanes) is 1. The van der Waals surface area contributed by atoms with Crippen LogP contribution in [0.3, 0.4) is 0 Å². The van der Waals surface area contributed by atoms with Crippen LogP contribution < -0.4 is 0 Å². The second-order valence-corrected chi connectivity index (χ2v) is 9.02. The highest BCUT2D eigenvalue weighted by molar-refractivity contribution is 4.97. The van der Waals surface area contributed by atoms with E-state index in [9.17, 15) is 30.7 Å². The normalized spacial score (nSPS) is 30.4. The standard InChI is InChI=1S/C21H33F7/c1-2-3-4-15-5-7-16(8-6-15)9-10-17-11-13-18(14-12-17)19(22,23)20(24,25)21(26,27)28/h15-18H,2-14H2,1H3/t15-,16-,17-,18-. The van der Waals surface area contributed by atoms with E-state index in [-0.39, 0.29) is 18.8 Å². The van der Waals surface area contributed by atoms with Crippen LogP contribution in [0.5, 0.6) is 0 Å². The molecule has 0 aromatic rings. The third-order valence-corrected chi connectivity index (χ3v) is 7.05. The van der Waals surface area contributed by atoms with E-state index in [1.807, 2.05) is 0 Å². The lowest BCUT2D eigenvalue weighted by atomic mass is 9.73. The number of halogens is 7. The van der Waals surface area contributed by atoms with Crippen molar-refractivity contribution < 1.29 is 30.7 Å². The van der Waals surface area contributed by atoms with Gasteiger partial charge < -0.3 is 0 Å². The molecule has 2 fully saturated rings. The number of alkyl halides is 7. The van der Waals surface area contributed by atoms with Crippen molar-refractivity contribution in [3.63, 3.8) is 0 Å². The summed E-state index contributed by atoms with van der Waals surface area (Å²) in [5.74, 6) is -11.3. The Morgan fingerprint density at radius 1 is 0.607 bits per heavy atom. The van der Waals surface area contributed by atoms with E-state index in [1.54, 1.807) is 0 Å². The lowest BCUT2D eigenvalue weighted by Gasteiger charge is -2.38. The molecule has 0 radical (unpaired) electrons. The summed E-state index contributed by atoms with van der Waals surface area (Å²) in [6.45, 7) is 2.19. The molecule has 0 spiro atoms. The minimum atomic E-state index is -6.22. The maximum absolute atomic E-state index is 13.8. The first-order chi connectivity index (χ1) is 13.0. The SMILES string of the molecule is CCCC[C@H]1CC[C@H](CC[C@H]2CC[C@H](C(F)(F)C(F)(F)C(F)(F)F)CC2)CC1. The number of hydrogen-bond acceptors (Lipinski definition) is 0. The molecule has 0 heterocycles. The van der Waals surface area contributed by atoms with Crippen LogP contribution >= 0.6 is 0 Å². The summed E-state index contributed by atoms with van der Waals surface area (Å²) in [7, 11) is 0. The topological polar surface area (TPSA) is 0 Å². The molecule has 2 saturated carbocycles. The van der Waals surface area contributed by atoms with Crippen LogP contribution in [0.2, 0.25) is 0 Å². The van der Waals surface area contributed by atoms with E-state index < -0.39 is 23.9 Å². The molecular weight excluding hydrogens is 385 g/mol. The van der Waals surface area contributed by atoms with Crippen LogP contribution in [-0.4, -0.2) is 18.0 Å². The van der Waals surface area contributed by atoms with Gasteiger partial charge in [0.15, 0.2) is 0 Å². The molecule has 2 rings (SSSR count). The maximum Gasteiger partial charge on any atom is 0.459 e. The van der Waals surface area contributed by atoms with Gasteiger partial charge in [-0.15, -0.1) is 0 Å². The highest BCUT2D eigenvalue weighted by atomic mass is 19.4. The quantitative estimate of drug-likeness (QED) is 0.347. The predicted molar refractivity (Wildman–Crippen MR) is 95.6 cm³/mol. The predicted octanol–water partition coefficient (Wildman–Crippen LogP) is 8.40. The van der Waals surface area contributed by atoms with Gasteiger partial charge in [-0.05, 0) is 43.4 Å². The van der Waals surface area contributed by atoms with E-state index in [0.717, 1.165) is 18.8 Å². The molecule has 0 unspecified atom stereocenters. The molecule has 0 nitrogen and oxygen atoms in total. The molecule has 0 aliphatic heterocycles. The Bertz CT molecular complexity index is 456. The molecule has 166 valence electrons. The van der Waals surface area contributed by atoms with Gasteiger partial charge in [0.05, 0.1) is 0 Å². The fourth-order valence-electron chi connectivity index (χ4n) is 5.03. The van der Waals surface area contributed by atoms with Crippen molar-refractivity contribution in [1.82, 2.24) is 0 Å². The zero-order chi connectivity index (χ0) is 21.0. The van der Waals surface area contributed by atoms with Crippen molar-refractivity contribution in [1.29, 1.82) is 0 Å². The Hall–Kier alpha value is -0.490. The average molecular weight is 418 g/mol. The third kappa shape index (κ3) is 5.56. The van der Waals surface area contributed by atoms with Crippen LogP contribution in [0.25, 0.3) is 0 Å². The fraction of sp³-hybridized carbons (Fsp3) is 1.00. The van der Waals surface area contributed by atoms with Crippen molar-refractivity contribution >= 4 is 0 Å². The molecule has 2 aliphatic rings. The van der Waals surface area contributed by atoms with E-state index in [2.05, 4.69) is 6.92 Å². The largest absolute Gasteiger partial charge is 0.459 e. The van der Waals surface area contributed by atoms with Crippen molar-refractivity contribution in [3.8, 4) is 0 Å². The van der Waals surface area contributed by atoms with Crippen LogP contribution in [0.15, 0.2) is 0 Å². The Morgan fingerprint density at radius 2 is 1.00 bits per heavy atom. The number of rotatable bonds is 8. The van der Waals surface area contributed by atoms with Gasteiger partial charge in [-0.25, -0.2) is 0 Å². The van der Waals surface area contributed by atoms with Crippen molar-refractivity contribution in [2.45, 2.75) is 108 Å². The Morgan fingerprint density at radius 3 is 1.39 bits per heavy atom. The highest BCUT2D eigenvalue weighted by Crippen LogP contribution is 2.53. The summed E-state index contributed by atoms with van der Waals surface area (Å²) in [4.78, 5) is 0. The highest BCUT2D eigenvalue weighted by Gasteiger charge is 2.74. The van der Waals surface area contributed by atoms with Crippen LogP contribution in [-0.2, 0) is 0 Å². The smallest absolute Gasteiger partial charge is 0.199 e. The van der Waals surface area contributed by atoms with Gasteiger partial charge >= 0.3 is 18.0 Å². The fourth-order valence-corrected chi connectivity index (χ4v) is 5.03. The second kappa shape index (κ2) is 9.55. The van der Waals surface area contributed by atoms with Crippen LogP contribution in [0.1, 0.15) is 90.4 Å². The van der Waals surface area contributed by atoms with Gasteiger partial charge in [-0.2, -0.15) is 30.7 Å². The molecular formula is C21H33F7. The molecule has 0 bridgehead atoms. The van der Waals surface area contributed by atoms with E-state index >= 15 is 0 Å². The van der Waals surface area contributed by atoms with Gasteiger partial charge in [-0.1, -0.05) is 64.7 Å². The second-order valence-electron chi connectivity index (χ2n) is 9.02. The van der Waals surface area contributed by atoms with Gasteiger partial charge in [0, 0.05) is 5.92 Å². The average Bonchev–Trinajstić information content (AvgIpc) is 2.65. The van der Waals surface area contributed by atoms with Crippen molar-refractivity contribution in [2.75, 3.05) is 0 Å². The molecule has 0 aromatic carbocycles. The summed E-state index contributed by atoms with van der Waals surface area (Å²) in [5.41, 5.74) is 0. The van der Waals surface area contributed by atoms with Gasteiger partial charge in [0.25, 0.3) is 0 Å². The summed E-state index contributed by atoms with van der Waals surface area (Å²) >= 11 is 0. The van der Waals surface area contributed by atoms with Gasteiger partial charge in [-0.3, -0.25) is 0 Å². The minimum Gasteiger partial charge on any atom is -0.199 e. The monoisotopic (exact) mass is 418 g/mol. The lowest BCUT2D eigenvalue weighted by molar-refractivity contribution is -0.367. The van der Waals surface area contributed by atoms with Gasteiger partial charge in [0.1, 0.15) is 0 Å². The summed E-state index contributed by atoms with van der Waals surface area (Å²) < 4.78 is 91.2. The summed E-state index contributed by atoms with van der Waals surface area (Å²) in [6.07, 6.45) is 4.47. The van der Waals surface area contributed by atoms with Crippen molar-refractivity contribution in [3.05, 3.63) is 0 Å². The molecule has 0 N–H and O–H groups in total. The molecule has 7 heteroatoms. The Kier molecular flexibility index (Phi) is 8.11. The van der Waals surface area contributed by atoms with E-state index in [4.69, 9.17) is 0 Å². The summed E-state index contributed by atoms with van der Waals surface area (Å²) in [5, 5.41) is 0. The van der Waals surface area contributed by atoms with Crippen molar-refractivity contribution in [2.24, 2.45) is 23.7 Å². The number of hydrogen-bond donors (Lipinski definition) is 0. The van der Waals surface area contributed by atoms with Gasteiger partial charge in [0.2, 0.25) is 0 Å². The van der Waals surface area contributed by atoms with E-state index in [0.29, 0.717) is 18.8 Å². The molecule has 2 aliphatic carbocycles.